The molecule has 0 heterocycles. The molecular weight excluding hydrogens is 286 g/mol. The van der Waals surface area contributed by atoms with Crippen LogP contribution in [0.2, 0.25) is 0 Å². The largest absolute Gasteiger partial charge is 0.207 e. The van der Waals surface area contributed by atoms with Crippen molar-refractivity contribution in [2.45, 2.75) is 50.3 Å². The molecule has 1 rings (SSSR count). The van der Waals surface area contributed by atoms with E-state index in [0.717, 1.165) is 25.3 Å². The maximum atomic E-state index is 13.5. The molecule has 1 aromatic carbocycles. The van der Waals surface area contributed by atoms with Crippen LogP contribution >= 0.6 is 15.9 Å². The summed E-state index contributed by atoms with van der Waals surface area (Å²) in [5.41, 5.74) is 0.431. The van der Waals surface area contributed by atoms with Crippen LogP contribution in [0.5, 0.6) is 0 Å². The van der Waals surface area contributed by atoms with Gasteiger partial charge in [0.05, 0.1) is 0 Å². The molecule has 0 aliphatic rings. The highest BCUT2D eigenvalue weighted by atomic mass is 79.9. The van der Waals surface area contributed by atoms with Gasteiger partial charge in [-0.2, -0.15) is 0 Å². The lowest BCUT2D eigenvalue weighted by atomic mass is 10.0. The second-order valence-electron chi connectivity index (χ2n) is 4.34. The lowest BCUT2D eigenvalue weighted by Crippen LogP contribution is -1.96. The first-order chi connectivity index (χ1) is 8.15. The summed E-state index contributed by atoms with van der Waals surface area (Å²) >= 11 is 3.43. The summed E-state index contributed by atoms with van der Waals surface area (Å²) in [7, 11) is 0. The van der Waals surface area contributed by atoms with Gasteiger partial charge in [0, 0.05) is 10.4 Å². The van der Waals surface area contributed by atoms with Gasteiger partial charge in [-0.05, 0) is 24.6 Å². The summed E-state index contributed by atoms with van der Waals surface area (Å²) in [6.07, 6.45) is 6.75. The average Bonchev–Trinajstić information content (AvgIpc) is 2.32. The van der Waals surface area contributed by atoms with Crippen LogP contribution in [-0.4, -0.2) is 0 Å². The molecule has 0 saturated carbocycles. The van der Waals surface area contributed by atoms with Crippen LogP contribution in [0.4, 0.5) is 8.78 Å². The van der Waals surface area contributed by atoms with Crippen LogP contribution in [0.15, 0.2) is 18.2 Å². The quantitative estimate of drug-likeness (QED) is 0.443. The summed E-state index contributed by atoms with van der Waals surface area (Å²) in [5, 5.41) is 0. The molecule has 0 aliphatic carbocycles. The number of unbranched alkanes of at least 4 members (excludes halogenated alkanes) is 4. The Kier molecular flexibility index (Phi) is 6.71. The fourth-order valence-corrected chi connectivity index (χ4v) is 2.51. The third-order valence-corrected chi connectivity index (χ3v) is 3.81. The molecule has 17 heavy (non-hydrogen) atoms. The van der Waals surface area contributed by atoms with Gasteiger partial charge in [-0.25, -0.2) is 8.78 Å². The molecule has 1 atom stereocenters. The monoisotopic (exact) mass is 304 g/mol. The van der Waals surface area contributed by atoms with Crippen molar-refractivity contribution in [1.82, 2.24) is 0 Å². The molecule has 1 aromatic rings. The SMILES string of the molecule is CCCCCCCC(Br)c1cc(F)ccc1F. The van der Waals surface area contributed by atoms with Gasteiger partial charge in [0.25, 0.3) is 0 Å². The summed E-state index contributed by atoms with van der Waals surface area (Å²) < 4.78 is 26.5. The van der Waals surface area contributed by atoms with Gasteiger partial charge in [-0.1, -0.05) is 55.0 Å². The van der Waals surface area contributed by atoms with Gasteiger partial charge >= 0.3 is 0 Å². The van der Waals surface area contributed by atoms with E-state index in [1.54, 1.807) is 0 Å². The average molecular weight is 305 g/mol. The van der Waals surface area contributed by atoms with Crippen LogP contribution in [-0.2, 0) is 0 Å². The predicted molar refractivity (Wildman–Crippen MR) is 71.4 cm³/mol. The van der Waals surface area contributed by atoms with Gasteiger partial charge in [0.1, 0.15) is 11.6 Å². The molecule has 0 aromatic heterocycles. The molecule has 0 aliphatic heterocycles. The Balaban J connectivity index is 2.41. The van der Waals surface area contributed by atoms with Crippen molar-refractivity contribution in [2.75, 3.05) is 0 Å². The second-order valence-corrected chi connectivity index (χ2v) is 5.44. The summed E-state index contributed by atoms with van der Waals surface area (Å²) in [4.78, 5) is -0.0835. The maximum Gasteiger partial charge on any atom is 0.127 e. The van der Waals surface area contributed by atoms with Crippen molar-refractivity contribution in [2.24, 2.45) is 0 Å². The predicted octanol–water partition coefficient (Wildman–Crippen LogP) is 5.76. The van der Waals surface area contributed by atoms with Crippen molar-refractivity contribution in [3.05, 3.63) is 35.4 Å². The molecule has 0 radical (unpaired) electrons. The Morgan fingerprint density at radius 1 is 1.12 bits per heavy atom. The number of hydrogen-bond donors (Lipinski definition) is 0. The molecule has 0 spiro atoms. The van der Waals surface area contributed by atoms with E-state index in [1.807, 2.05) is 0 Å². The minimum atomic E-state index is -0.378. The van der Waals surface area contributed by atoms with E-state index in [-0.39, 0.29) is 16.5 Å². The van der Waals surface area contributed by atoms with Crippen LogP contribution in [0.1, 0.15) is 55.8 Å². The van der Waals surface area contributed by atoms with Crippen LogP contribution < -0.4 is 0 Å². The van der Waals surface area contributed by atoms with Crippen molar-refractivity contribution < 1.29 is 8.78 Å². The molecule has 0 nitrogen and oxygen atoms in total. The van der Waals surface area contributed by atoms with E-state index < -0.39 is 0 Å². The zero-order valence-corrected chi connectivity index (χ0v) is 11.8. The molecular formula is C14H19BrF2. The highest BCUT2D eigenvalue weighted by Gasteiger charge is 2.13. The minimum absolute atomic E-state index is 0.0835. The molecule has 0 bridgehead atoms. The molecule has 0 saturated heterocycles. The highest BCUT2D eigenvalue weighted by Crippen LogP contribution is 2.31. The number of hydrogen-bond acceptors (Lipinski definition) is 0. The second kappa shape index (κ2) is 7.80. The molecule has 1 unspecified atom stereocenters. The Labute approximate surface area is 111 Å². The van der Waals surface area contributed by atoms with Crippen molar-refractivity contribution in [1.29, 1.82) is 0 Å². The smallest absolute Gasteiger partial charge is 0.127 e. The van der Waals surface area contributed by atoms with Crippen molar-refractivity contribution in [3.8, 4) is 0 Å². The van der Waals surface area contributed by atoms with Gasteiger partial charge < -0.3 is 0 Å². The third kappa shape index (κ3) is 5.15. The molecule has 96 valence electrons. The molecule has 0 amide bonds. The zero-order valence-electron chi connectivity index (χ0n) is 10.2. The first kappa shape index (κ1) is 14.6. The van der Waals surface area contributed by atoms with E-state index in [9.17, 15) is 8.78 Å². The summed E-state index contributed by atoms with van der Waals surface area (Å²) in [5.74, 6) is -0.710. The Hall–Kier alpha value is -0.440. The minimum Gasteiger partial charge on any atom is -0.207 e. The first-order valence-electron chi connectivity index (χ1n) is 6.24. The lowest BCUT2D eigenvalue weighted by Gasteiger charge is -2.11. The van der Waals surface area contributed by atoms with Crippen LogP contribution in [0, 0.1) is 11.6 Å². The molecule has 3 heteroatoms. The van der Waals surface area contributed by atoms with Crippen LogP contribution in [0.3, 0.4) is 0 Å². The topological polar surface area (TPSA) is 0 Å². The molecule has 0 N–H and O–H groups in total. The van der Waals surface area contributed by atoms with Gasteiger partial charge in [-0.15, -0.1) is 0 Å². The van der Waals surface area contributed by atoms with E-state index >= 15 is 0 Å². The fourth-order valence-electron chi connectivity index (χ4n) is 1.84. The Morgan fingerprint density at radius 3 is 2.53 bits per heavy atom. The number of alkyl halides is 1. The van der Waals surface area contributed by atoms with E-state index in [0.29, 0.717) is 5.56 Å². The fraction of sp³-hybridized carbons (Fsp3) is 0.571. The Bertz CT molecular complexity index is 339. The van der Waals surface area contributed by atoms with E-state index in [1.165, 1.54) is 31.4 Å². The van der Waals surface area contributed by atoms with E-state index in [4.69, 9.17) is 0 Å². The van der Waals surface area contributed by atoms with Crippen molar-refractivity contribution >= 4 is 15.9 Å². The normalized spacial score (nSPS) is 12.7. The highest BCUT2D eigenvalue weighted by molar-refractivity contribution is 9.09. The summed E-state index contributed by atoms with van der Waals surface area (Å²) in [6, 6.07) is 3.62. The van der Waals surface area contributed by atoms with E-state index in [2.05, 4.69) is 22.9 Å². The van der Waals surface area contributed by atoms with Crippen molar-refractivity contribution in [3.63, 3.8) is 0 Å². The summed E-state index contributed by atoms with van der Waals surface area (Å²) in [6.45, 7) is 2.18. The number of benzene rings is 1. The Morgan fingerprint density at radius 2 is 1.82 bits per heavy atom. The third-order valence-electron chi connectivity index (χ3n) is 2.86. The molecule has 0 fully saturated rings. The standard InChI is InChI=1S/C14H19BrF2/c1-2-3-4-5-6-7-13(15)12-10-11(16)8-9-14(12)17/h8-10,13H,2-7H2,1H3. The number of rotatable bonds is 7. The lowest BCUT2D eigenvalue weighted by molar-refractivity contribution is 0.565. The van der Waals surface area contributed by atoms with Crippen LogP contribution in [0.25, 0.3) is 0 Å². The van der Waals surface area contributed by atoms with Gasteiger partial charge in [-0.3, -0.25) is 0 Å². The van der Waals surface area contributed by atoms with Gasteiger partial charge in [0.15, 0.2) is 0 Å². The zero-order chi connectivity index (χ0) is 12.7. The number of halogens is 3. The first-order valence-corrected chi connectivity index (χ1v) is 7.15. The van der Waals surface area contributed by atoms with Gasteiger partial charge in [0.2, 0.25) is 0 Å². The maximum absolute atomic E-state index is 13.5.